The minimum atomic E-state index is -0.795. The molecule has 0 heterocycles. The number of hydrogen-bond acceptors (Lipinski definition) is 2. The van der Waals surface area contributed by atoms with Gasteiger partial charge in [0.1, 0.15) is 17.7 Å². The zero-order valence-electron chi connectivity index (χ0n) is 14.6. The molecule has 0 bridgehead atoms. The Kier molecular flexibility index (Phi) is 6.80. The molecule has 0 radical (unpaired) electrons. The number of benzene rings is 2. The highest BCUT2D eigenvalue weighted by molar-refractivity contribution is 6.01. The number of amides is 3. The van der Waals surface area contributed by atoms with Gasteiger partial charge in [0, 0.05) is 11.5 Å². The van der Waals surface area contributed by atoms with Crippen molar-refractivity contribution in [2.45, 2.75) is 19.9 Å². The SMILES string of the molecule is CC(C)[C@@H]([NH2+]CC(=O)NC(=O)Nc1ccccc1F)c1ccc(F)cc1. The van der Waals surface area contributed by atoms with Crippen LogP contribution in [-0.4, -0.2) is 18.5 Å². The maximum atomic E-state index is 13.5. The molecular formula is C19H22F2N3O2+. The first-order chi connectivity index (χ1) is 12.4. The molecule has 0 saturated heterocycles. The standard InChI is InChI=1S/C19H21F2N3O2/c1-12(2)18(13-7-9-14(20)10-8-13)22-11-17(25)24-19(26)23-16-6-4-3-5-15(16)21/h3-10,12,18,22H,11H2,1-2H3,(H2,23,24,25,26)/p+1/t18-/m1/s1. The topological polar surface area (TPSA) is 74.8 Å². The van der Waals surface area contributed by atoms with Gasteiger partial charge in [-0.05, 0) is 24.3 Å². The Bertz CT molecular complexity index is 764. The van der Waals surface area contributed by atoms with Gasteiger partial charge in [0.2, 0.25) is 0 Å². The molecule has 138 valence electrons. The van der Waals surface area contributed by atoms with Crippen LogP contribution in [0.3, 0.4) is 0 Å². The predicted molar refractivity (Wildman–Crippen MR) is 94.3 cm³/mol. The third-order valence-electron chi connectivity index (χ3n) is 3.91. The molecule has 0 unspecified atom stereocenters. The summed E-state index contributed by atoms with van der Waals surface area (Å²) in [6.45, 7) is 3.99. The molecule has 4 N–H and O–H groups in total. The van der Waals surface area contributed by atoms with E-state index in [1.54, 1.807) is 23.5 Å². The van der Waals surface area contributed by atoms with Gasteiger partial charge in [0.15, 0.2) is 6.54 Å². The van der Waals surface area contributed by atoms with Crippen molar-refractivity contribution >= 4 is 17.6 Å². The molecule has 0 saturated carbocycles. The fraction of sp³-hybridized carbons (Fsp3) is 0.263. The van der Waals surface area contributed by atoms with E-state index in [0.29, 0.717) is 0 Å². The number of nitrogens with two attached hydrogens (primary N) is 1. The number of imide groups is 1. The van der Waals surface area contributed by atoms with Crippen molar-refractivity contribution in [3.05, 3.63) is 65.7 Å². The third-order valence-corrected chi connectivity index (χ3v) is 3.91. The summed E-state index contributed by atoms with van der Waals surface area (Å²) in [5.74, 6) is -1.22. The average molecular weight is 362 g/mol. The fourth-order valence-electron chi connectivity index (χ4n) is 2.61. The van der Waals surface area contributed by atoms with Crippen LogP contribution in [0.15, 0.2) is 48.5 Å². The molecule has 5 nitrogen and oxygen atoms in total. The van der Waals surface area contributed by atoms with Gasteiger partial charge in [-0.1, -0.05) is 38.1 Å². The minimum Gasteiger partial charge on any atom is -0.332 e. The Morgan fingerprint density at radius 3 is 2.31 bits per heavy atom. The molecule has 0 fully saturated rings. The van der Waals surface area contributed by atoms with E-state index in [2.05, 4.69) is 10.6 Å². The fourth-order valence-corrected chi connectivity index (χ4v) is 2.61. The second kappa shape index (κ2) is 9.05. The molecule has 2 aromatic rings. The molecule has 2 aromatic carbocycles. The van der Waals surface area contributed by atoms with Crippen molar-refractivity contribution in [2.75, 3.05) is 11.9 Å². The van der Waals surface area contributed by atoms with Crippen molar-refractivity contribution in [2.24, 2.45) is 5.92 Å². The summed E-state index contributed by atoms with van der Waals surface area (Å²) >= 11 is 0. The van der Waals surface area contributed by atoms with E-state index in [4.69, 9.17) is 0 Å². The highest BCUT2D eigenvalue weighted by Crippen LogP contribution is 2.17. The molecule has 0 aliphatic rings. The first-order valence-corrected chi connectivity index (χ1v) is 8.31. The number of anilines is 1. The van der Waals surface area contributed by atoms with E-state index in [1.807, 2.05) is 13.8 Å². The van der Waals surface area contributed by atoms with Gasteiger partial charge < -0.3 is 10.6 Å². The van der Waals surface area contributed by atoms with Crippen LogP contribution in [-0.2, 0) is 4.79 Å². The van der Waals surface area contributed by atoms with Crippen LogP contribution in [0.5, 0.6) is 0 Å². The van der Waals surface area contributed by atoms with E-state index >= 15 is 0 Å². The van der Waals surface area contributed by atoms with Crippen molar-refractivity contribution in [1.82, 2.24) is 5.32 Å². The Morgan fingerprint density at radius 1 is 1.04 bits per heavy atom. The van der Waals surface area contributed by atoms with E-state index < -0.39 is 17.8 Å². The molecule has 7 heteroatoms. The number of rotatable bonds is 6. The van der Waals surface area contributed by atoms with Crippen molar-refractivity contribution < 1.29 is 23.7 Å². The van der Waals surface area contributed by atoms with E-state index in [9.17, 15) is 18.4 Å². The number of quaternary nitrogens is 1. The van der Waals surface area contributed by atoms with E-state index in [1.165, 1.54) is 30.3 Å². The van der Waals surface area contributed by atoms with E-state index in [0.717, 1.165) is 5.56 Å². The van der Waals surface area contributed by atoms with Crippen LogP contribution in [0, 0.1) is 17.6 Å². The largest absolute Gasteiger partial charge is 0.332 e. The second-order valence-corrected chi connectivity index (χ2v) is 6.24. The highest BCUT2D eigenvalue weighted by atomic mass is 19.1. The quantitative estimate of drug-likeness (QED) is 0.739. The summed E-state index contributed by atoms with van der Waals surface area (Å²) in [7, 11) is 0. The highest BCUT2D eigenvalue weighted by Gasteiger charge is 2.21. The van der Waals surface area contributed by atoms with Crippen molar-refractivity contribution in [3.8, 4) is 0 Å². The number of carbonyl (C=O) groups is 2. The van der Waals surface area contributed by atoms with Gasteiger partial charge in [-0.25, -0.2) is 13.6 Å². The molecule has 0 spiro atoms. The van der Waals surface area contributed by atoms with Crippen LogP contribution in [0.1, 0.15) is 25.5 Å². The molecule has 0 aliphatic heterocycles. The summed E-state index contributed by atoms with van der Waals surface area (Å²) in [6, 6.07) is 10.9. The van der Waals surface area contributed by atoms with Crippen molar-refractivity contribution in [1.29, 1.82) is 0 Å². The van der Waals surface area contributed by atoms with Gasteiger partial charge in [-0.2, -0.15) is 0 Å². The van der Waals surface area contributed by atoms with Gasteiger partial charge in [0.25, 0.3) is 5.91 Å². The molecule has 26 heavy (non-hydrogen) atoms. The summed E-state index contributed by atoms with van der Waals surface area (Å²) in [5.41, 5.74) is 0.887. The lowest BCUT2D eigenvalue weighted by Gasteiger charge is -2.19. The smallest absolute Gasteiger partial charge is 0.326 e. The molecule has 1 atom stereocenters. The van der Waals surface area contributed by atoms with Gasteiger partial charge in [0.05, 0.1) is 5.69 Å². The minimum absolute atomic E-state index is 0.00488. The lowest BCUT2D eigenvalue weighted by atomic mass is 9.96. The van der Waals surface area contributed by atoms with Crippen LogP contribution < -0.4 is 16.0 Å². The monoisotopic (exact) mass is 362 g/mol. The number of para-hydroxylation sites is 1. The van der Waals surface area contributed by atoms with Crippen LogP contribution >= 0.6 is 0 Å². The molecule has 0 aliphatic carbocycles. The Hall–Kier alpha value is -2.80. The van der Waals surface area contributed by atoms with Crippen LogP contribution in [0.4, 0.5) is 19.3 Å². The van der Waals surface area contributed by atoms with Crippen LogP contribution in [0.2, 0.25) is 0 Å². The Balaban J connectivity index is 1.89. The van der Waals surface area contributed by atoms with Gasteiger partial charge >= 0.3 is 6.03 Å². The Morgan fingerprint density at radius 2 is 1.69 bits per heavy atom. The number of carbonyl (C=O) groups excluding carboxylic acids is 2. The first kappa shape index (κ1) is 19.5. The number of hydrogen-bond donors (Lipinski definition) is 3. The molecular weight excluding hydrogens is 340 g/mol. The van der Waals surface area contributed by atoms with E-state index in [-0.39, 0.29) is 30.0 Å². The second-order valence-electron chi connectivity index (χ2n) is 6.24. The maximum absolute atomic E-state index is 13.5. The number of nitrogens with one attached hydrogen (secondary N) is 2. The summed E-state index contributed by atoms with van der Waals surface area (Å²) in [4.78, 5) is 23.8. The third kappa shape index (κ3) is 5.63. The number of halogens is 2. The molecule has 2 rings (SSSR count). The molecule has 3 amide bonds. The summed E-state index contributed by atoms with van der Waals surface area (Å²) in [6.07, 6.45) is 0. The zero-order valence-corrected chi connectivity index (χ0v) is 14.6. The molecule has 0 aromatic heterocycles. The van der Waals surface area contributed by atoms with Gasteiger partial charge in [-0.15, -0.1) is 0 Å². The normalized spacial score (nSPS) is 11.9. The lowest BCUT2D eigenvalue weighted by molar-refractivity contribution is -0.692. The summed E-state index contributed by atoms with van der Waals surface area (Å²) < 4.78 is 26.6. The van der Waals surface area contributed by atoms with Gasteiger partial charge in [-0.3, -0.25) is 10.1 Å². The zero-order chi connectivity index (χ0) is 19.1. The van der Waals surface area contributed by atoms with Crippen molar-refractivity contribution in [3.63, 3.8) is 0 Å². The average Bonchev–Trinajstić information content (AvgIpc) is 2.58. The Labute approximate surface area is 150 Å². The maximum Gasteiger partial charge on any atom is 0.326 e. The lowest BCUT2D eigenvalue weighted by Crippen LogP contribution is -2.88. The predicted octanol–water partition coefficient (Wildman–Crippen LogP) is 2.57. The number of urea groups is 1. The first-order valence-electron chi connectivity index (χ1n) is 8.31. The summed E-state index contributed by atoms with van der Waals surface area (Å²) in [5, 5.41) is 6.23. The van der Waals surface area contributed by atoms with Crippen LogP contribution in [0.25, 0.3) is 0 Å².